The highest BCUT2D eigenvalue weighted by atomic mass is 32.2. The minimum Gasteiger partial charge on any atom is -0.301 e. The van der Waals surface area contributed by atoms with Crippen LogP contribution in [0.4, 0.5) is 4.39 Å². The summed E-state index contributed by atoms with van der Waals surface area (Å²) < 4.78 is 43.2. The molecule has 0 N–H and O–H groups in total. The van der Waals surface area contributed by atoms with Crippen molar-refractivity contribution >= 4 is 21.5 Å². The first kappa shape index (κ1) is 27.0. The normalized spacial score (nSPS) is 14.9. The number of hydrogen-bond acceptors (Lipinski definition) is 5. The molecule has 1 saturated heterocycles. The number of aromatic nitrogens is 2. The average Bonchev–Trinajstić information content (AvgIpc) is 3.35. The molecule has 0 bridgehead atoms. The lowest BCUT2D eigenvalue weighted by molar-refractivity contribution is 0.101. The van der Waals surface area contributed by atoms with E-state index in [1.54, 1.807) is 6.92 Å². The maximum absolute atomic E-state index is 13.3. The maximum Gasteiger partial charge on any atom is 0.243 e. The van der Waals surface area contributed by atoms with Crippen LogP contribution < -0.4 is 0 Å². The summed E-state index contributed by atoms with van der Waals surface area (Å²) in [4.78, 5) is 19.0. The summed E-state index contributed by atoms with van der Waals surface area (Å²) in [5, 5.41) is 0. The van der Waals surface area contributed by atoms with E-state index in [9.17, 15) is 17.6 Å². The number of Topliss-reactive ketones (excluding diaryl/α,β-unsaturated/α-hetero) is 1. The molecular weight excluding hydrogens is 539 g/mol. The first-order valence-corrected chi connectivity index (χ1v) is 14.9. The second-order valence-corrected chi connectivity index (χ2v) is 12.1. The second-order valence-electron chi connectivity index (χ2n) is 10.2. The molecule has 3 aromatic carbocycles. The van der Waals surface area contributed by atoms with Gasteiger partial charge < -0.3 is 4.40 Å². The maximum atomic E-state index is 13.3. The predicted octanol–water partition coefficient (Wildman–Crippen LogP) is 5.52. The van der Waals surface area contributed by atoms with E-state index in [1.165, 1.54) is 28.6 Å². The van der Waals surface area contributed by atoms with Crippen molar-refractivity contribution in [1.82, 2.24) is 18.6 Å². The van der Waals surface area contributed by atoms with Crippen LogP contribution in [0.15, 0.2) is 102 Å². The third kappa shape index (κ3) is 5.44. The van der Waals surface area contributed by atoms with E-state index in [0.29, 0.717) is 38.3 Å². The Balaban J connectivity index is 1.30. The van der Waals surface area contributed by atoms with E-state index in [2.05, 4.69) is 15.5 Å². The third-order valence-electron chi connectivity index (χ3n) is 7.55. The Morgan fingerprint density at radius 3 is 2.12 bits per heavy atom. The minimum absolute atomic E-state index is 0.0296. The monoisotopic (exact) mass is 568 g/mol. The van der Waals surface area contributed by atoms with Gasteiger partial charge in [-0.25, -0.2) is 17.8 Å². The van der Waals surface area contributed by atoms with Crippen LogP contribution in [0.1, 0.15) is 23.0 Å². The van der Waals surface area contributed by atoms with E-state index in [1.807, 2.05) is 66.7 Å². The molecule has 7 nitrogen and oxygen atoms in total. The number of pyridine rings is 1. The summed E-state index contributed by atoms with van der Waals surface area (Å²) in [5.74, 6) is -0.436. The van der Waals surface area contributed by atoms with Crippen LogP contribution in [0.5, 0.6) is 0 Å². The molecule has 0 saturated carbocycles. The summed E-state index contributed by atoms with van der Waals surface area (Å²) in [6.07, 6.45) is 2.07. The van der Waals surface area contributed by atoms with Gasteiger partial charge in [0.15, 0.2) is 5.78 Å². The number of nitrogens with zero attached hydrogens (tertiary/aromatic N) is 4. The molecule has 208 valence electrons. The smallest absolute Gasteiger partial charge is 0.243 e. The highest BCUT2D eigenvalue weighted by Crippen LogP contribution is 2.29. The number of hydrogen-bond donors (Lipinski definition) is 0. The largest absolute Gasteiger partial charge is 0.301 e. The number of halogens is 1. The standard InChI is InChI=1S/C32H29FN4O3S/c1-23(38)24-7-9-25(10-8-24)27-11-16-31-34-32(26-5-3-2-4-6-26)30(37(31)21-27)22-35-17-19-36(20-18-35)41(39,40)29-14-12-28(33)13-15-29/h2-16,21H,17-20,22H2,1H3. The van der Waals surface area contributed by atoms with Crippen LogP contribution in [0.2, 0.25) is 0 Å². The van der Waals surface area contributed by atoms with Gasteiger partial charge in [-0.1, -0.05) is 54.6 Å². The molecule has 0 aliphatic carbocycles. The molecule has 1 fully saturated rings. The van der Waals surface area contributed by atoms with Gasteiger partial charge in [0.05, 0.1) is 16.3 Å². The fourth-order valence-corrected chi connectivity index (χ4v) is 6.66. The van der Waals surface area contributed by atoms with Crippen LogP contribution in [-0.4, -0.2) is 59.0 Å². The summed E-state index contributed by atoms with van der Waals surface area (Å²) in [5.41, 5.74) is 6.40. The van der Waals surface area contributed by atoms with E-state index in [0.717, 1.165) is 33.7 Å². The molecule has 1 aliphatic heterocycles. The van der Waals surface area contributed by atoms with Crippen molar-refractivity contribution in [2.75, 3.05) is 26.2 Å². The van der Waals surface area contributed by atoms with E-state index >= 15 is 0 Å². The lowest BCUT2D eigenvalue weighted by Gasteiger charge is -2.34. The number of carbonyl (C=O) groups excluding carboxylic acids is 1. The Bertz CT molecular complexity index is 1810. The molecular formula is C32H29FN4O3S. The lowest BCUT2D eigenvalue weighted by atomic mass is 10.0. The number of imidazole rings is 1. The van der Waals surface area contributed by atoms with Crippen molar-refractivity contribution in [3.05, 3.63) is 114 Å². The van der Waals surface area contributed by atoms with Gasteiger partial charge in [0.1, 0.15) is 11.5 Å². The highest BCUT2D eigenvalue weighted by Gasteiger charge is 2.29. The number of sulfonamides is 1. The van der Waals surface area contributed by atoms with Gasteiger partial charge in [-0.15, -0.1) is 0 Å². The molecule has 9 heteroatoms. The van der Waals surface area contributed by atoms with Gasteiger partial charge in [0.25, 0.3) is 0 Å². The van der Waals surface area contributed by atoms with Crippen molar-refractivity contribution < 1.29 is 17.6 Å². The average molecular weight is 569 g/mol. The van der Waals surface area contributed by atoms with Crippen molar-refractivity contribution in [3.63, 3.8) is 0 Å². The predicted molar refractivity (Wildman–Crippen MR) is 157 cm³/mol. The first-order valence-electron chi connectivity index (χ1n) is 13.5. The molecule has 6 rings (SSSR count). The fraction of sp³-hybridized carbons (Fsp3) is 0.188. The number of carbonyl (C=O) groups is 1. The van der Waals surface area contributed by atoms with Crippen LogP contribution >= 0.6 is 0 Å². The van der Waals surface area contributed by atoms with Gasteiger partial charge in [0.2, 0.25) is 10.0 Å². The van der Waals surface area contributed by atoms with Crippen LogP contribution in [-0.2, 0) is 16.6 Å². The number of ketones is 1. The van der Waals surface area contributed by atoms with Crippen LogP contribution in [0, 0.1) is 5.82 Å². The van der Waals surface area contributed by atoms with E-state index < -0.39 is 15.8 Å². The van der Waals surface area contributed by atoms with Crippen LogP contribution in [0.25, 0.3) is 28.0 Å². The van der Waals surface area contributed by atoms with Gasteiger partial charge in [-0.3, -0.25) is 9.69 Å². The summed E-state index contributed by atoms with van der Waals surface area (Å²) >= 11 is 0. The van der Waals surface area contributed by atoms with Crippen molar-refractivity contribution in [2.45, 2.75) is 18.4 Å². The Labute approximate surface area is 238 Å². The fourth-order valence-electron chi connectivity index (χ4n) is 5.24. The summed E-state index contributed by atoms with van der Waals surface area (Å²) in [6.45, 7) is 3.92. The SMILES string of the molecule is CC(=O)c1ccc(-c2ccc3nc(-c4ccccc4)c(CN4CCN(S(=O)(=O)c5ccc(F)cc5)CC4)n3c2)cc1. The molecule has 0 radical (unpaired) electrons. The summed E-state index contributed by atoms with van der Waals surface area (Å²) in [7, 11) is -3.69. The zero-order chi connectivity index (χ0) is 28.6. The van der Waals surface area contributed by atoms with Gasteiger partial charge in [0, 0.05) is 50.0 Å². The lowest BCUT2D eigenvalue weighted by Crippen LogP contribution is -2.48. The van der Waals surface area contributed by atoms with Crippen LogP contribution in [0.3, 0.4) is 0 Å². The van der Waals surface area contributed by atoms with Gasteiger partial charge in [-0.05, 0) is 54.4 Å². The molecule has 41 heavy (non-hydrogen) atoms. The summed E-state index contributed by atoms with van der Waals surface area (Å²) in [6, 6.07) is 26.6. The van der Waals surface area contributed by atoms with Gasteiger partial charge >= 0.3 is 0 Å². The molecule has 0 amide bonds. The second kappa shape index (κ2) is 11.0. The van der Waals surface area contributed by atoms with E-state index in [-0.39, 0.29) is 10.7 Å². The molecule has 3 heterocycles. The molecule has 0 unspecified atom stereocenters. The number of benzene rings is 3. The van der Waals surface area contributed by atoms with Crippen molar-refractivity contribution in [3.8, 4) is 22.4 Å². The van der Waals surface area contributed by atoms with Gasteiger partial charge in [-0.2, -0.15) is 4.31 Å². The van der Waals surface area contributed by atoms with Crippen molar-refractivity contribution in [1.29, 1.82) is 0 Å². The molecule has 5 aromatic rings. The molecule has 1 aliphatic rings. The van der Waals surface area contributed by atoms with E-state index in [4.69, 9.17) is 4.98 Å². The number of fused-ring (bicyclic) bond motifs is 1. The quantitative estimate of drug-likeness (QED) is 0.242. The molecule has 0 spiro atoms. The highest BCUT2D eigenvalue weighted by molar-refractivity contribution is 7.89. The first-order chi connectivity index (χ1) is 19.8. The zero-order valence-electron chi connectivity index (χ0n) is 22.6. The zero-order valence-corrected chi connectivity index (χ0v) is 23.4. The number of rotatable bonds is 7. The third-order valence-corrected chi connectivity index (χ3v) is 9.46. The topological polar surface area (TPSA) is 75.0 Å². The minimum atomic E-state index is -3.69. The Morgan fingerprint density at radius 2 is 1.46 bits per heavy atom. The number of piperazine rings is 1. The molecule has 0 atom stereocenters. The van der Waals surface area contributed by atoms with Crippen molar-refractivity contribution in [2.24, 2.45) is 0 Å². The Morgan fingerprint density at radius 1 is 0.805 bits per heavy atom. The Kier molecular flexibility index (Phi) is 7.25. The molecule has 2 aromatic heterocycles. The Hall–Kier alpha value is -4.18.